The van der Waals surface area contributed by atoms with Gasteiger partial charge < -0.3 is 9.80 Å². The summed E-state index contributed by atoms with van der Waals surface area (Å²) in [5.41, 5.74) is 2.69. The van der Waals surface area contributed by atoms with Crippen LogP contribution in [0.3, 0.4) is 0 Å². The van der Waals surface area contributed by atoms with Gasteiger partial charge in [-0.1, -0.05) is 39.0 Å². The molecule has 0 spiro atoms. The fraction of sp³-hybridized carbons (Fsp3) is 0.417. The molecule has 28 heavy (non-hydrogen) atoms. The Balaban J connectivity index is 1.47. The maximum Gasteiger partial charge on any atom is 0.258 e. The minimum absolute atomic E-state index is 0.0635. The minimum atomic E-state index is -0.0635. The zero-order valence-electron chi connectivity index (χ0n) is 17.1. The molecule has 2 unspecified atom stereocenters. The number of amides is 2. The van der Waals surface area contributed by atoms with E-state index in [1.54, 1.807) is 24.1 Å². The van der Waals surface area contributed by atoms with Crippen molar-refractivity contribution in [3.63, 3.8) is 0 Å². The number of hydrogen-bond acceptors (Lipinski definition) is 2. The normalized spacial score (nSPS) is 25.0. The standard InChI is InChI=1S/C24H28N2O2/c1-23(2)14-20-24(3,15-23)16-26(20)22(28)18-10-12-19(13-11-18)25(4)21(27)17-8-6-5-7-9-17/h5-13,20H,14-16H2,1-4H3. The van der Waals surface area contributed by atoms with Crippen molar-refractivity contribution in [2.75, 3.05) is 18.5 Å². The average Bonchev–Trinajstić information content (AvgIpc) is 2.87. The summed E-state index contributed by atoms with van der Waals surface area (Å²) in [6, 6.07) is 16.9. The molecule has 2 aromatic carbocycles. The highest BCUT2D eigenvalue weighted by Crippen LogP contribution is 2.57. The lowest BCUT2D eigenvalue weighted by Crippen LogP contribution is -2.62. The Morgan fingerprint density at radius 3 is 2.21 bits per heavy atom. The van der Waals surface area contributed by atoms with Crippen LogP contribution in [0.15, 0.2) is 54.6 Å². The highest BCUT2D eigenvalue weighted by molar-refractivity contribution is 6.06. The molecule has 1 saturated heterocycles. The second kappa shape index (κ2) is 6.47. The predicted octanol–water partition coefficient (Wildman–Crippen LogP) is 4.61. The number of carbonyl (C=O) groups excluding carboxylic acids is 2. The van der Waals surface area contributed by atoms with E-state index in [1.165, 1.54) is 6.42 Å². The zero-order chi connectivity index (χ0) is 20.1. The maximum atomic E-state index is 13.0. The Bertz CT molecular complexity index is 904. The topological polar surface area (TPSA) is 40.6 Å². The van der Waals surface area contributed by atoms with Gasteiger partial charge in [-0.3, -0.25) is 9.59 Å². The number of nitrogens with zero attached hydrogens (tertiary/aromatic N) is 2. The molecule has 2 aromatic rings. The van der Waals surface area contributed by atoms with Gasteiger partial charge in [0.05, 0.1) is 0 Å². The minimum Gasteiger partial charge on any atom is -0.334 e. The second-order valence-corrected chi connectivity index (χ2v) is 9.43. The molecule has 1 aliphatic carbocycles. The SMILES string of the molecule is CN(C(=O)c1ccccc1)c1ccc(C(=O)N2CC3(C)CC(C)(C)CC23)cc1. The van der Waals surface area contributed by atoms with E-state index in [2.05, 4.69) is 20.8 Å². The van der Waals surface area contributed by atoms with Crippen LogP contribution in [0.4, 0.5) is 5.69 Å². The van der Waals surface area contributed by atoms with Crippen molar-refractivity contribution in [1.82, 2.24) is 4.90 Å². The van der Waals surface area contributed by atoms with Gasteiger partial charge in [0.2, 0.25) is 0 Å². The lowest BCUT2D eigenvalue weighted by Gasteiger charge is -2.52. The molecule has 0 aromatic heterocycles. The van der Waals surface area contributed by atoms with Gasteiger partial charge >= 0.3 is 0 Å². The number of carbonyl (C=O) groups is 2. The Morgan fingerprint density at radius 1 is 0.964 bits per heavy atom. The zero-order valence-corrected chi connectivity index (χ0v) is 17.1. The molecule has 0 N–H and O–H groups in total. The Hall–Kier alpha value is -2.62. The summed E-state index contributed by atoms with van der Waals surface area (Å²) in [5.74, 6) is 0.0372. The van der Waals surface area contributed by atoms with Crippen molar-refractivity contribution < 1.29 is 9.59 Å². The molecule has 0 radical (unpaired) electrons. The van der Waals surface area contributed by atoms with Crippen molar-refractivity contribution >= 4 is 17.5 Å². The first-order valence-corrected chi connectivity index (χ1v) is 9.94. The fourth-order valence-corrected chi connectivity index (χ4v) is 5.19. The molecule has 1 heterocycles. The van der Waals surface area contributed by atoms with Crippen LogP contribution in [-0.2, 0) is 0 Å². The van der Waals surface area contributed by atoms with E-state index in [9.17, 15) is 9.59 Å². The van der Waals surface area contributed by atoms with E-state index in [4.69, 9.17) is 0 Å². The summed E-state index contributed by atoms with van der Waals surface area (Å²) in [7, 11) is 1.76. The van der Waals surface area contributed by atoms with Gasteiger partial charge in [-0.2, -0.15) is 0 Å². The van der Waals surface area contributed by atoms with Gasteiger partial charge in [-0.25, -0.2) is 0 Å². The van der Waals surface area contributed by atoms with Crippen LogP contribution in [0.2, 0.25) is 0 Å². The number of likely N-dealkylation sites (tertiary alicyclic amines) is 1. The van der Waals surface area contributed by atoms with E-state index < -0.39 is 0 Å². The summed E-state index contributed by atoms with van der Waals surface area (Å²) in [4.78, 5) is 29.2. The monoisotopic (exact) mass is 376 g/mol. The van der Waals surface area contributed by atoms with Crippen molar-refractivity contribution in [2.45, 2.75) is 39.7 Å². The van der Waals surface area contributed by atoms with Crippen LogP contribution < -0.4 is 4.90 Å². The lowest BCUT2D eigenvalue weighted by molar-refractivity contribution is -0.0216. The van der Waals surface area contributed by atoms with Crippen molar-refractivity contribution in [1.29, 1.82) is 0 Å². The molecule has 146 valence electrons. The Kier molecular flexibility index (Phi) is 4.33. The highest BCUT2D eigenvalue weighted by atomic mass is 16.2. The number of rotatable bonds is 3. The summed E-state index contributed by atoms with van der Waals surface area (Å²) in [5, 5.41) is 0. The molecular weight excluding hydrogens is 348 g/mol. The fourth-order valence-electron chi connectivity index (χ4n) is 5.19. The number of anilines is 1. The van der Waals surface area contributed by atoms with Gasteiger partial charge in [-0.15, -0.1) is 0 Å². The first kappa shape index (κ1) is 18.7. The molecule has 2 fully saturated rings. The molecule has 1 aliphatic heterocycles. The van der Waals surface area contributed by atoms with Gasteiger partial charge in [0.1, 0.15) is 0 Å². The maximum absolute atomic E-state index is 13.0. The van der Waals surface area contributed by atoms with Gasteiger partial charge in [-0.05, 0) is 54.7 Å². The van der Waals surface area contributed by atoms with Crippen LogP contribution in [0, 0.1) is 10.8 Å². The molecule has 0 bridgehead atoms. The molecule has 4 nitrogen and oxygen atoms in total. The predicted molar refractivity (Wildman–Crippen MR) is 112 cm³/mol. The van der Waals surface area contributed by atoms with E-state index in [-0.39, 0.29) is 17.2 Å². The van der Waals surface area contributed by atoms with Crippen LogP contribution in [0.1, 0.15) is 54.3 Å². The smallest absolute Gasteiger partial charge is 0.258 e. The van der Waals surface area contributed by atoms with E-state index in [1.807, 2.05) is 47.4 Å². The van der Waals surface area contributed by atoms with Gasteiger partial charge in [0.15, 0.2) is 0 Å². The van der Waals surface area contributed by atoms with E-state index in [0.717, 1.165) is 18.7 Å². The van der Waals surface area contributed by atoms with Crippen LogP contribution in [-0.4, -0.2) is 36.3 Å². The third kappa shape index (κ3) is 3.11. The summed E-state index contributed by atoms with van der Waals surface area (Å²) in [6.07, 6.45) is 2.25. The molecular formula is C24H28N2O2. The molecule has 4 rings (SSSR count). The third-order valence-corrected chi connectivity index (χ3v) is 6.43. The first-order valence-electron chi connectivity index (χ1n) is 9.94. The second-order valence-electron chi connectivity index (χ2n) is 9.43. The van der Waals surface area contributed by atoms with Gasteiger partial charge in [0, 0.05) is 41.9 Å². The quantitative estimate of drug-likeness (QED) is 0.785. The summed E-state index contributed by atoms with van der Waals surface area (Å²) >= 11 is 0. The summed E-state index contributed by atoms with van der Waals surface area (Å²) in [6.45, 7) is 7.75. The van der Waals surface area contributed by atoms with E-state index in [0.29, 0.717) is 22.6 Å². The number of benzene rings is 2. The van der Waals surface area contributed by atoms with Gasteiger partial charge in [0.25, 0.3) is 11.8 Å². The first-order chi connectivity index (χ1) is 13.2. The molecule has 1 saturated carbocycles. The Labute approximate surface area is 167 Å². The lowest BCUT2D eigenvalue weighted by atomic mass is 9.74. The Morgan fingerprint density at radius 2 is 1.61 bits per heavy atom. The van der Waals surface area contributed by atoms with Crippen molar-refractivity contribution in [3.05, 3.63) is 65.7 Å². The number of fused-ring (bicyclic) bond motifs is 1. The molecule has 2 atom stereocenters. The summed E-state index contributed by atoms with van der Waals surface area (Å²) < 4.78 is 0. The van der Waals surface area contributed by atoms with Crippen LogP contribution in [0.5, 0.6) is 0 Å². The van der Waals surface area contributed by atoms with Crippen LogP contribution >= 0.6 is 0 Å². The average molecular weight is 377 g/mol. The largest absolute Gasteiger partial charge is 0.334 e. The van der Waals surface area contributed by atoms with Crippen LogP contribution in [0.25, 0.3) is 0 Å². The molecule has 4 heteroatoms. The van der Waals surface area contributed by atoms with E-state index >= 15 is 0 Å². The highest BCUT2D eigenvalue weighted by Gasteiger charge is 2.59. The molecule has 2 aliphatic rings. The van der Waals surface area contributed by atoms with Crippen molar-refractivity contribution in [3.8, 4) is 0 Å². The molecule has 2 amide bonds. The number of hydrogen-bond donors (Lipinski definition) is 0. The third-order valence-electron chi connectivity index (χ3n) is 6.43. The van der Waals surface area contributed by atoms with Crippen molar-refractivity contribution in [2.24, 2.45) is 10.8 Å².